The number of ether oxygens (including phenoxy) is 1. The maximum Gasteiger partial charge on any atom is 0.0869 e. The third-order valence-electron chi connectivity index (χ3n) is 2.82. The first-order chi connectivity index (χ1) is 5.29. The Bertz CT molecular complexity index is 149. The van der Waals surface area contributed by atoms with Crippen LogP contribution in [-0.2, 0) is 4.74 Å². The highest BCUT2D eigenvalue weighted by atomic mass is 16.5. The summed E-state index contributed by atoms with van der Waals surface area (Å²) in [5.74, 6) is 0. The molecule has 2 aliphatic heterocycles. The summed E-state index contributed by atoms with van der Waals surface area (Å²) >= 11 is 0. The van der Waals surface area contributed by atoms with Crippen molar-refractivity contribution in [3.05, 3.63) is 0 Å². The lowest BCUT2D eigenvalue weighted by Gasteiger charge is -2.36. The summed E-state index contributed by atoms with van der Waals surface area (Å²) in [6.07, 6.45) is 0.434. The molecule has 0 bridgehead atoms. The van der Waals surface area contributed by atoms with Gasteiger partial charge in [-0.3, -0.25) is 4.90 Å². The number of nitrogens with one attached hydrogen (secondary N) is 1. The van der Waals surface area contributed by atoms with Gasteiger partial charge in [-0.25, -0.2) is 0 Å². The number of hydrogen-bond donors (Lipinski definition) is 1. The van der Waals surface area contributed by atoms with Crippen LogP contribution in [0.1, 0.15) is 6.92 Å². The largest absolute Gasteiger partial charge is 0.374 e. The number of rotatable bonds is 0. The fourth-order valence-corrected chi connectivity index (χ4v) is 2.19. The van der Waals surface area contributed by atoms with Crippen LogP contribution < -0.4 is 5.32 Å². The van der Waals surface area contributed by atoms with Gasteiger partial charge >= 0.3 is 0 Å². The summed E-state index contributed by atoms with van der Waals surface area (Å²) in [5, 5.41) is 3.43. The topological polar surface area (TPSA) is 24.5 Å². The Balaban J connectivity index is 2.08. The van der Waals surface area contributed by atoms with Gasteiger partial charge in [0.15, 0.2) is 0 Å². The van der Waals surface area contributed by atoms with E-state index in [4.69, 9.17) is 4.74 Å². The van der Waals surface area contributed by atoms with Gasteiger partial charge in [-0.2, -0.15) is 0 Å². The zero-order chi connectivity index (χ0) is 7.84. The molecule has 0 aromatic carbocycles. The lowest BCUT2D eigenvalue weighted by molar-refractivity contribution is -0.0421. The highest BCUT2D eigenvalue weighted by molar-refractivity contribution is 4.96. The zero-order valence-electron chi connectivity index (χ0n) is 7.21. The van der Waals surface area contributed by atoms with Crippen molar-refractivity contribution in [1.29, 1.82) is 0 Å². The molecule has 0 aromatic heterocycles. The van der Waals surface area contributed by atoms with Gasteiger partial charge < -0.3 is 10.1 Å². The lowest BCUT2D eigenvalue weighted by Crippen LogP contribution is -2.51. The van der Waals surface area contributed by atoms with Crippen molar-refractivity contribution < 1.29 is 4.74 Å². The van der Waals surface area contributed by atoms with Gasteiger partial charge in [-0.1, -0.05) is 0 Å². The minimum Gasteiger partial charge on any atom is -0.374 e. The molecule has 3 heteroatoms. The predicted octanol–water partition coefficient (Wildman–Crippen LogP) is -0.323. The minimum atomic E-state index is 0.434. The van der Waals surface area contributed by atoms with Crippen molar-refractivity contribution in [1.82, 2.24) is 10.2 Å². The van der Waals surface area contributed by atoms with Gasteiger partial charge in [-0.05, 0) is 14.0 Å². The minimum absolute atomic E-state index is 0.434. The molecule has 0 amide bonds. The summed E-state index contributed by atoms with van der Waals surface area (Å²) in [5.41, 5.74) is 0. The molecule has 0 radical (unpaired) electrons. The number of fused-ring (bicyclic) bond motifs is 1. The first-order valence-corrected chi connectivity index (χ1v) is 4.34. The van der Waals surface area contributed by atoms with Crippen molar-refractivity contribution >= 4 is 0 Å². The molecule has 1 N–H and O–H groups in total. The van der Waals surface area contributed by atoms with E-state index in [1.165, 1.54) is 0 Å². The number of nitrogens with zero attached hydrogens (tertiary/aromatic N) is 1. The van der Waals surface area contributed by atoms with Crippen molar-refractivity contribution in [2.45, 2.75) is 25.1 Å². The Morgan fingerprint density at radius 3 is 3.09 bits per heavy atom. The maximum absolute atomic E-state index is 5.64. The van der Waals surface area contributed by atoms with Gasteiger partial charge in [0.1, 0.15) is 0 Å². The Morgan fingerprint density at radius 1 is 1.55 bits per heavy atom. The Morgan fingerprint density at radius 2 is 2.36 bits per heavy atom. The van der Waals surface area contributed by atoms with Crippen LogP contribution in [0.15, 0.2) is 0 Å². The van der Waals surface area contributed by atoms with Crippen LogP contribution >= 0.6 is 0 Å². The highest BCUT2D eigenvalue weighted by Crippen LogP contribution is 2.19. The first-order valence-electron chi connectivity index (χ1n) is 4.34. The van der Waals surface area contributed by atoms with Crippen LogP contribution in [0.5, 0.6) is 0 Å². The standard InChI is InChI=1S/C8H16N2O/c1-6-8-7(5-9-6)11-4-3-10(8)2/h6-9H,3-5H2,1-2H3. The fraction of sp³-hybridized carbons (Fsp3) is 1.00. The molecular weight excluding hydrogens is 140 g/mol. The van der Waals surface area contributed by atoms with Gasteiger partial charge in [0.2, 0.25) is 0 Å². The van der Waals surface area contributed by atoms with E-state index < -0.39 is 0 Å². The number of hydrogen-bond acceptors (Lipinski definition) is 3. The zero-order valence-corrected chi connectivity index (χ0v) is 7.21. The smallest absolute Gasteiger partial charge is 0.0869 e. The lowest BCUT2D eigenvalue weighted by atomic mass is 10.1. The van der Waals surface area contributed by atoms with Gasteiger partial charge in [0.05, 0.1) is 18.8 Å². The molecule has 64 valence electrons. The summed E-state index contributed by atoms with van der Waals surface area (Å²) < 4.78 is 5.64. The van der Waals surface area contributed by atoms with Crippen molar-refractivity contribution in [2.75, 3.05) is 26.7 Å². The molecule has 2 rings (SSSR count). The van der Waals surface area contributed by atoms with E-state index in [9.17, 15) is 0 Å². The Labute approximate surface area is 67.7 Å². The second-order valence-electron chi connectivity index (χ2n) is 3.58. The monoisotopic (exact) mass is 156 g/mol. The molecule has 2 heterocycles. The number of morpholine rings is 1. The molecule has 3 nitrogen and oxygen atoms in total. The number of likely N-dealkylation sites (N-methyl/N-ethyl adjacent to an activating group) is 1. The quantitative estimate of drug-likeness (QED) is 0.520. The second kappa shape index (κ2) is 2.73. The van der Waals surface area contributed by atoms with Crippen molar-refractivity contribution in [3.8, 4) is 0 Å². The average molecular weight is 156 g/mol. The van der Waals surface area contributed by atoms with Crippen LogP contribution in [-0.4, -0.2) is 49.8 Å². The first kappa shape index (κ1) is 7.53. The van der Waals surface area contributed by atoms with E-state index in [0.717, 1.165) is 19.7 Å². The van der Waals surface area contributed by atoms with Crippen LogP contribution in [0.4, 0.5) is 0 Å². The molecule has 2 saturated heterocycles. The SMILES string of the molecule is CC1NCC2OCCN(C)C12. The second-order valence-corrected chi connectivity index (χ2v) is 3.58. The average Bonchev–Trinajstić information content (AvgIpc) is 2.34. The molecule has 11 heavy (non-hydrogen) atoms. The summed E-state index contributed by atoms with van der Waals surface area (Å²) in [4.78, 5) is 2.40. The molecule has 2 fully saturated rings. The van der Waals surface area contributed by atoms with E-state index in [1.807, 2.05) is 0 Å². The third kappa shape index (κ3) is 1.17. The fourth-order valence-electron chi connectivity index (χ4n) is 2.19. The van der Waals surface area contributed by atoms with Crippen LogP contribution in [0, 0.1) is 0 Å². The van der Waals surface area contributed by atoms with E-state index in [0.29, 0.717) is 18.2 Å². The van der Waals surface area contributed by atoms with Crippen molar-refractivity contribution in [3.63, 3.8) is 0 Å². The third-order valence-corrected chi connectivity index (χ3v) is 2.82. The van der Waals surface area contributed by atoms with Gasteiger partial charge in [0.25, 0.3) is 0 Å². The van der Waals surface area contributed by atoms with Gasteiger partial charge in [-0.15, -0.1) is 0 Å². The van der Waals surface area contributed by atoms with Gasteiger partial charge in [0, 0.05) is 19.1 Å². The molecule has 0 saturated carbocycles. The van der Waals surface area contributed by atoms with E-state index in [2.05, 4.69) is 24.2 Å². The molecule has 3 atom stereocenters. The summed E-state index contributed by atoms with van der Waals surface area (Å²) in [6, 6.07) is 1.19. The molecule has 3 unspecified atom stereocenters. The Hall–Kier alpha value is -0.120. The molecule has 0 aromatic rings. The molecule has 0 aliphatic carbocycles. The van der Waals surface area contributed by atoms with E-state index in [1.54, 1.807) is 0 Å². The highest BCUT2D eigenvalue weighted by Gasteiger charge is 2.38. The van der Waals surface area contributed by atoms with Crippen LogP contribution in [0.25, 0.3) is 0 Å². The normalized spacial score (nSPS) is 45.8. The van der Waals surface area contributed by atoms with Crippen LogP contribution in [0.3, 0.4) is 0 Å². The summed E-state index contributed by atoms with van der Waals surface area (Å²) in [6.45, 7) is 5.23. The van der Waals surface area contributed by atoms with Crippen LogP contribution in [0.2, 0.25) is 0 Å². The predicted molar refractivity (Wildman–Crippen MR) is 43.6 cm³/mol. The molecular formula is C8H16N2O. The molecule has 2 aliphatic rings. The van der Waals surface area contributed by atoms with E-state index >= 15 is 0 Å². The Kier molecular flexibility index (Phi) is 1.87. The summed E-state index contributed by atoms with van der Waals surface area (Å²) in [7, 11) is 2.18. The maximum atomic E-state index is 5.64. The van der Waals surface area contributed by atoms with E-state index in [-0.39, 0.29) is 0 Å². The van der Waals surface area contributed by atoms with Crippen molar-refractivity contribution in [2.24, 2.45) is 0 Å². The molecule has 0 spiro atoms.